The third-order valence-corrected chi connectivity index (χ3v) is 5.83. The Morgan fingerprint density at radius 3 is 2.31 bits per heavy atom. The van der Waals surface area contributed by atoms with Crippen molar-refractivity contribution in [2.24, 2.45) is 0 Å². The minimum atomic E-state index is -4.59. The van der Waals surface area contributed by atoms with Crippen LogP contribution in [0.25, 0.3) is 0 Å². The molecule has 0 aromatic heterocycles. The number of halogens is 3. The fraction of sp³-hybridized carbons (Fsp3) is 0.417. The number of rotatable bonds is 5. The van der Waals surface area contributed by atoms with Crippen molar-refractivity contribution >= 4 is 11.8 Å². The second-order valence-corrected chi connectivity index (χ2v) is 8.12. The second-order valence-electron chi connectivity index (χ2n) is 8.12. The number of carbonyl (C=O) groups excluding carboxylic acids is 2. The first-order chi connectivity index (χ1) is 15.1. The molecule has 1 fully saturated rings. The molecule has 32 heavy (non-hydrogen) atoms. The molecule has 0 atom stereocenters. The second kappa shape index (κ2) is 9.63. The largest absolute Gasteiger partial charge is 0.483 e. The lowest BCUT2D eigenvalue weighted by molar-refractivity contribution is -0.138. The van der Waals surface area contributed by atoms with Crippen molar-refractivity contribution in [2.75, 3.05) is 19.7 Å². The van der Waals surface area contributed by atoms with Crippen molar-refractivity contribution in [3.05, 3.63) is 64.2 Å². The number of alkyl halides is 3. The van der Waals surface area contributed by atoms with Crippen molar-refractivity contribution in [1.82, 2.24) is 10.2 Å². The van der Waals surface area contributed by atoms with Gasteiger partial charge in [0.2, 0.25) is 0 Å². The van der Waals surface area contributed by atoms with Crippen LogP contribution in [0.4, 0.5) is 13.2 Å². The van der Waals surface area contributed by atoms with E-state index in [-0.39, 0.29) is 37.2 Å². The fourth-order valence-electron chi connectivity index (χ4n) is 3.87. The van der Waals surface area contributed by atoms with Crippen LogP contribution < -0.4 is 10.1 Å². The molecular formula is C24H27F3N2O3. The molecule has 1 N–H and O–H groups in total. The zero-order valence-corrected chi connectivity index (χ0v) is 18.4. The van der Waals surface area contributed by atoms with Gasteiger partial charge >= 0.3 is 6.18 Å². The summed E-state index contributed by atoms with van der Waals surface area (Å²) in [4.78, 5) is 26.4. The van der Waals surface area contributed by atoms with E-state index in [9.17, 15) is 22.8 Å². The van der Waals surface area contributed by atoms with E-state index in [1.165, 1.54) is 23.1 Å². The van der Waals surface area contributed by atoms with Crippen LogP contribution in [0.3, 0.4) is 0 Å². The van der Waals surface area contributed by atoms with Gasteiger partial charge in [-0.15, -0.1) is 0 Å². The number of amides is 2. The van der Waals surface area contributed by atoms with Gasteiger partial charge in [-0.1, -0.05) is 24.3 Å². The normalized spacial score (nSPS) is 14.9. The SMILES string of the molecule is Cc1ccc(C)c(OCC(=O)NC2CCN(C(=O)c3ccccc3C(F)(F)F)CC2)c1C. The Morgan fingerprint density at radius 2 is 1.66 bits per heavy atom. The average Bonchev–Trinajstić information content (AvgIpc) is 2.76. The fourth-order valence-corrected chi connectivity index (χ4v) is 3.87. The molecule has 8 heteroatoms. The number of aryl methyl sites for hydroxylation is 2. The summed E-state index contributed by atoms with van der Waals surface area (Å²) in [6.45, 7) is 6.26. The van der Waals surface area contributed by atoms with Crippen LogP contribution in [0.15, 0.2) is 36.4 Å². The summed E-state index contributed by atoms with van der Waals surface area (Å²) in [5, 5.41) is 2.90. The number of carbonyl (C=O) groups is 2. The molecule has 1 aliphatic heterocycles. The van der Waals surface area contributed by atoms with Crippen LogP contribution in [0, 0.1) is 20.8 Å². The summed E-state index contributed by atoms with van der Waals surface area (Å²) in [6, 6.07) is 8.59. The number of benzene rings is 2. The molecule has 2 amide bonds. The quantitative estimate of drug-likeness (QED) is 0.736. The van der Waals surface area contributed by atoms with Gasteiger partial charge < -0.3 is 15.0 Å². The molecule has 1 saturated heterocycles. The Labute approximate surface area is 185 Å². The first kappa shape index (κ1) is 23.6. The predicted molar refractivity (Wildman–Crippen MR) is 115 cm³/mol. The molecule has 0 saturated carbocycles. The smallest absolute Gasteiger partial charge is 0.417 e. The molecule has 0 spiro atoms. The topological polar surface area (TPSA) is 58.6 Å². The molecule has 1 heterocycles. The summed E-state index contributed by atoms with van der Waals surface area (Å²) in [5.41, 5.74) is 1.74. The molecule has 0 aliphatic carbocycles. The summed E-state index contributed by atoms with van der Waals surface area (Å²) in [6.07, 6.45) is -3.66. The number of likely N-dealkylation sites (tertiary alicyclic amines) is 1. The van der Waals surface area contributed by atoms with E-state index in [0.717, 1.165) is 22.8 Å². The maximum atomic E-state index is 13.2. The molecule has 2 aromatic carbocycles. The lowest BCUT2D eigenvalue weighted by Gasteiger charge is -2.33. The maximum absolute atomic E-state index is 13.2. The van der Waals surface area contributed by atoms with Gasteiger partial charge in [-0.25, -0.2) is 0 Å². The van der Waals surface area contributed by atoms with E-state index >= 15 is 0 Å². The molecule has 1 aliphatic rings. The highest BCUT2D eigenvalue weighted by atomic mass is 19.4. The Morgan fingerprint density at radius 1 is 1.03 bits per heavy atom. The van der Waals surface area contributed by atoms with Crippen molar-refractivity contribution in [3.63, 3.8) is 0 Å². The number of piperidine rings is 1. The van der Waals surface area contributed by atoms with Gasteiger partial charge in [-0.2, -0.15) is 13.2 Å². The molecular weight excluding hydrogens is 421 g/mol. The average molecular weight is 448 g/mol. The van der Waals surface area contributed by atoms with E-state index in [4.69, 9.17) is 4.74 Å². The number of hydrogen-bond donors (Lipinski definition) is 1. The zero-order chi connectivity index (χ0) is 23.5. The Balaban J connectivity index is 1.53. The van der Waals surface area contributed by atoms with Crippen molar-refractivity contribution in [3.8, 4) is 5.75 Å². The van der Waals surface area contributed by atoms with Crippen LogP contribution >= 0.6 is 0 Å². The lowest BCUT2D eigenvalue weighted by atomic mass is 10.0. The first-order valence-corrected chi connectivity index (χ1v) is 10.5. The van der Waals surface area contributed by atoms with E-state index in [1.807, 2.05) is 32.9 Å². The van der Waals surface area contributed by atoms with E-state index < -0.39 is 17.6 Å². The van der Waals surface area contributed by atoms with Gasteiger partial charge in [-0.05, 0) is 62.4 Å². The first-order valence-electron chi connectivity index (χ1n) is 10.5. The molecule has 2 aromatic rings. The minimum Gasteiger partial charge on any atom is -0.483 e. The number of nitrogens with zero attached hydrogens (tertiary/aromatic N) is 1. The molecule has 3 rings (SSSR count). The molecule has 0 radical (unpaired) electrons. The highest BCUT2D eigenvalue weighted by Gasteiger charge is 2.36. The molecule has 0 unspecified atom stereocenters. The van der Waals surface area contributed by atoms with Crippen molar-refractivity contribution in [2.45, 2.75) is 45.8 Å². The van der Waals surface area contributed by atoms with Crippen LogP contribution in [0.1, 0.15) is 45.5 Å². The van der Waals surface area contributed by atoms with Crippen molar-refractivity contribution in [1.29, 1.82) is 0 Å². The highest BCUT2D eigenvalue weighted by molar-refractivity contribution is 5.96. The summed E-state index contributed by atoms with van der Waals surface area (Å²) in [7, 11) is 0. The van der Waals surface area contributed by atoms with Gasteiger partial charge in [0.05, 0.1) is 11.1 Å². The van der Waals surface area contributed by atoms with Crippen LogP contribution in [-0.4, -0.2) is 42.5 Å². The van der Waals surface area contributed by atoms with Gasteiger partial charge in [-0.3, -0.25) is 9.59 Å². The highest BCUT2D eigenvalue weighted by Crippen LogP contribution is 2.32. The van der Waals surface area contributed by atoms with E-state index in [2.05, 4.69) is 5.32 Å². The van der Waals surface area contributed by atoms with Crippen LogP contribution in [0.2, 0.25) is 0 Å². The zero-order valence-electron chi connectivity index (χ0n) is 18.4. The van der Waals surface area contributed by atoms with E-state index in [1.54, 1.807) is 0 Å². The van der Waals surface area contributed by atoms with Crippen LogP contribution in [0.5, 0.6) is 5.75 Å². The lowest BCUT2D eigenvalue weighted by Crippen LogP contribution is -2.47. The molecule has 0 bridgehead atoms. The summed E-state index contributed by atoms with van der Waals surface area (Å²) < 4.78 is 45.4. The summed E-state index contributed by atoms with van der Waals surface area (Å²) in [5.74, 6) is -0.210. The Bertz CT molecular complexity index is 996. The van der Waals surface area contributed by atoms with Gasteiger partial charge in [0.25, 0.3) is 11.8 Å². The Hall–Kier alpha value is -3.03. The third kappa shape index (κ3) is 5.41. The van der Waals surface area contributed by atoms with Crippen LogP contribution in [-0.2, 0) is 11.0 Å². The number of ether oxygens (including phenoxy) is 1. The summed E-state index contributed by atoms with van der Waals surface area (Å²) >= 11 is 0. The molecule has 5 nitrogen and oxygen atoms in total. The maximum Gasteiger partial charge on any atom is 0.417 e. The van der Waals surface area contributed by atoms with Gasteiger partial charge in [0.1, 0.15) is 5.75 Å². The van der Waals surface area contributed by atoms with E-state index in [0.29, 0.717) is 18.6 Å². The number of nitrogens with one attached hydrogen (secondary N) is 1. The van der Waals surface area contributed by atoms with Gasteiger partial charge in [0.15, 0.2) is 6.61 Å². The predicted octanol–water partition coefficient (Wildman–Crippen LogP) is 4.43. The molecule has 172 valence electrons. The third-order valence-electron chi connectivity index (χ3n) is 5.83. The Kier molecular flexibility index (Phi) is 7.11. The number of hydrogen-bond acceptors (Lipinski definition) is 3. The standard InChI is InChI=1S/C24H27F3N2O3/c1-15-8-9-16(2)22(17(15)3)32-14-21(30)28-18-10-12-29(13-11-18)23(31)19-6-4-5-7-20(19)24(25,26)27/h4-9,18H,10-14H2,1-3H3,(H,28,30). The van der Waals surface area contributed by atoms with Crippen molar-refractivity contribution < 1.29 is 27.5 Å². The van der Waals surface area contributed by atoms with Gasteiger partial charge in [0, 0.05) is 19.1 Å². The minimum absolute atomic E-state index is 0.122. The monoisotopic (exact) mass is 448 g/mol.